The van der Waals surface area contributed by atoms with Crippen molar-refractivity contribution in [3.05, 3.63) is 12.4 Å². The lowest BCUT2D eigenvalue weighted by Crippen LogP contribution is -2.57. The Morgan fingerprint density at radius 2 is 2.15 bits per heavy atom. The highest BCUT2D eigenvalue weighted by Gasteiger charge is 2.43. The molecular formula is C10H17F2N5O2S. The molecule has 1 aromatic rings. The number of piperidine rings is 1. The van der Waals surface area contributed by atoms with Crippen LogP contribution in [0.2, 0.25) is 0 Å². The van der Waals surface area contributed by atoms with Crippen LogP contribution in [-0.2, 0) is 17.3 Å². The largest absolute Gasteiger partial charge is 0.299 e. The van der Waals surface area contributed by atoms with E-state index in [4.69, 9.17) is 5.14 Å². The fraction of sp³-hybridized carbons (Fsp3) is 0.700. The van der Waals surface area contributed by atoms with E-state index in [9.17, 15) is 17.2 Å². The summed E-state index contributed by atoms with van der Waals surface area (Å²) in [6.07, 6.45) is 2.15. The number of aromatic nitrogens is 2. The van der Waals surface area contributed by atoms with Crippen molar-refractivity contribution in [3.63, 3.8) is 0 Å². The summed E-state index contributed by atoms with van der Waals surface area (Å²) in [5.41, 5.74) is 0.186. The molecule has 2 heterocycles. The summed E-state index contributed by atoms with van der Waals surface area (Å²) in [6.45, 7) is -0.212. The zero-order valence-electron chi connectivity index (χ0n) is 11.2. The van der Waals surface area contributed by atoms with Crippen molar-refractivity contribution in [1.82, 2.24) is 14.7 Å². The highest BCUT2D eigenvalue weighted by Crippen LogP contribution is 2.31. The Hall–Kier alpha value is -1.26. The van der Waals surface area contributed by atoms with E-state index in [1.54, 1.807) is 7.05 Å². The molecule has 0 bridgehead atoms. The molecule has 2 N–H and O–H groups in total. The minimum atomic E-state index is -4.16. The van der Waals surface area contributed by atoms with E-state index in [0.717, 1.165) is 4.31 Å². The van der Waals surface area contributed by atoms with Gasteiger partial charge in [-0.3, -0.25) is 13.9 Å². The van der Waals surface area contributed by atoms with E-state index >= 15 is 0 Å². The van der Waals surface area contributed by atoms with Gasteiger partial charge >= 0.3 is 0 Å². The summed E-state index contributed by atoms with van der Waals surface area (Å²) >= 11 is 0. The van der Waals surface area contributed by atoms with E-state index in [1.165, 1.54) is 29.0 Å². The third-order valence-corrected chi connectivity index (χ3v) is 4.17. The third-order valence-electron chi connectivity index (χ3n) is 3.11. The second-order valence-corrected chi connectivity index (χ2v) is 6.55. The average Bonchev–Trinajstić information content (AvgIpc) is 2.59. The van der Waals surface area contributed by atoms with Crippen molar-refractivity contribution < 1.29 is 17.2 Å². The monoisotopic (exact) mass is 309 g/mol. The second-order valence-electron chi connectivity index (χ2n) is 5.12. The van der Waals surface area contributed by atoms with E-state index in [2.05, 4.69) is 5.10 Å². The van der Waals surface area contributed by atoms with Crippen LogP contribution in [0, 0.1) is 0 Å². The summed E-state index contributed by atoms with van der Waals surface area (Å²) in [5.74, 6) is -2.96. The molecule has 2 rings (SSSR count). The fourth-order valence-corrected chi connectivity index (χ4v) is 3.48. The van der Waals surface area contributed by atoms with Gasteiger partial charge < -0.3 is 0 Å². The maximum atomic E-state index is 13.6. The molecule has 1 saturated heterocycles. The number of hydrogen-bond acceptors (Lipinski definition) is 4. The predicted octanol–water partition coefficient (Wildman–Crippen LogP) is -0.231. The number of rotatable bonds is 3. The van der Waals surface area contributed by atoms with Crippen molar-refractivity contribution in [2.75, 3.05) is 24.4 Å². The number of aryl methyl sites for hydroxylation is 1. The van der Waals surface area contributed by atoms with E-state index in [-0.39, 0.29) is 12.2 Å². The molecule has 0 spiro atoms. The zero-order chi connectivity index (χ0) is 15.1. The van der Waals surface area contributed by atoms with E-state index in [0.29, 0.717) is 0 Å². The molecule has 1 atom stereocenters. The lowest BCUT2D eigenvalue weighted by atomic mass is 10.0. The van der Waals surface area contributed by atoms with Gasteiger partial charge in [-0.2, -0.15) is 13.5 Å². The van der Waals surface area contributed by atoms with Crippen molar-refractivity contribution in [3.8, 4) is 0 Å². The molecule has 0 amide bonds. The van der Waals surface area contributed by atoms with Crippen molar-refractivity contribution in [2.45, 2.75) is 18.4 Å². The Labute approximate surface area is 116 Å². The Balaban J connectivity index is 2.37. The zero-order valence-corrected chi connectivity index (χ0v) is 12.0. The summed E-state index contributed by atoms with van der Waals surface area (Å²) in [7, 11) is -1.04. The Morgan fingerprint density at radius 1 is 1.50 bits per heavy atom. The van der Waals surface area contributed by atoms with Gasteiger partial charge in [0.25, 0.3) is 16.1 Å². The van der Waals surface area contributed by atoms with Gasteiger partial charge in [0.2, 0.25) is 0 Å². The molecule has 7 nitrogen and oxygen atoms in total. The van der Waals surface area contributed by atoms with Gasteiger partial charge in [-0.05, 0) is 7.05 Å². The second kappa shape index (κ2) is 4.93. The summed E-state index contributed by atoms with van der Waals surface area (Å²) in [6, 6.07) is -0.928. The van der Waals surface area contributed by atoms with Crippen LogP contribution in [0.15, 0.2) is 12.4 Å². The minimum Gasteiger partial charge on any atom is -0.298 e. The SMILES string of the molecule is CN1CC(N(c2cnn(C)c2)S(N)(=O)=O)CC(F)(F)C1. The first-order chi connectivity index (χ1) is 9.08. The van der Waals surface area contributed by atoms with Crippen LogP contribution in [0.3, 0.4) is 0 Å². The van der Waals surface area contributed by atoms with Crippen LogP contribution in [0.5, 0.6) is 0 Å². The summed E-state index contributed by atoms with van der Waals surface area (Å²) in [4.78, 5) is 1.39. The Morgan fingerprint density at radius 3 is 2.60 bits per heavy atom. The normalized spacial score (nSPS) is 23.8. The quantitative estimate of drug-likeness (QED) is 0.836. The van der Waals surface area contributed by atoms with E-state index in [1.807, 2.05) is 0 Å². The van der Waals surface area contributed by atoms with Gasteiger partial charge in [0.1, 0.15) is 0 Å². The molecule has 0 saturated carbocycles. The van der Waals surface area contributed by atoms with Gasteiger partial charge in [0.15, 0.2) is 0 Å². The summed E-state index contributed by atoms with van der Waals surface area (Å²) in [5, 5.41) is 9.04. The minimum absolute atomic E-state index is 0.181. The molecule has 114 valence electrons. The molecule has 1 aliphatic heterocycles. The summed E-state index contributed by atoms with van der Waals surface area (Å²) < 4.78 is 53.0. The van der Waals surface area contributed by atoms with Crippen LogP contribution in [0.25, 0.3) is 0 Å². The van der Waals surface area contributed by atoms with Crippen LogP contribution >= 0.6 is 0 Å². The van der Waals surface area contributed by atoms with Crippen LogP contribution in [-0.4, -0.2) is 55.2 Å². The number of nitrogens with two attached hydrogens (primary N) is 1. The highest BCUT2D eigenvalue weighted by molar-refractivity contribution is 7.90. The lowest BCUT2D eigenvalue weighted by molar-refractivity contribution is -0.0628. The first-order valence-corrected chi connectivity index (χ1v) is 7.46. The topological polar surface area (TPSA) is 84.5 Å². The standard InChI is InChI=1S/C10H17F2N5O2S/c1-15-5-8(3-10(11,12)7-15)17(20(13,18)19)9-4-14-16(2)6-9/h4,6,8H,3,5,7H2,1-2H3,(H2,13,18,19). The number of likely N-dealkylation sites (tertiary alicyclic amines) is 1. The maximum absolute atomic E-state index is 13.6. The molecule has 1 fully saturated rings. The van der Waals surface area contributed by atoms with E-state index < -0.39 is 35.1 Å². The molecule has 1 unspecified atom stereocenters. The molecule has 1 aromatic heterocycles. The number of halogens is 2. The van der Waals surface area contributed by atoms with Crippen molar-refractivity contribution in [1.29, 1.82) is 0 Å². The fourth-order valence-electron chi connectivity index (χ4n) is 2.54. The molecule has 10 heteroatoms. The highest BCUT2D eigenvalue weighted by atomic mass is 32.2. The van der Waals surface area contributed by atoms with Gasteiger partial charge in [-0.1, -0.05) is 0 Å². The number of anilines is 1. The predicted molar refractivity (Wildman–Crippen MR) is 69.6 cm³/mol. The third kappa shape index (κ3) is 3.25. The van der Waals surface area contributed by atoms with Crippen molar-refractivity contribution >= 4 is 15.9 Å². The molecule has 0 aliphatic carbocycles. The first kappa shape index (κ1) is 15.1. The maximum Gasteiger partial charge on any atom is 0.299 e. The van der Waals surface area contributed by atoms with Crippen LogP contribution in [0.1, 0.15) is 6.42 Å². The molecule has 20 heavy (non-hydrogen) atoms. The first-order valence-electron chi connectivity index (χ1n) is 5.96. The van der Waals surface area contributed by atoms with Gasteiger partial charge in [0, 0.05) is 26.2 Å². The number of nitrogens with zero attached hydrogens (tertiary/aromatic N) is 4. The molecule has 0 aromatic carbocycles. The van der Waals surface area contributed by atoms with Gasteiger partial charge in [-0.25, -0.2) is 13.9 Å². The number of hydrogen-bond donors (Lipinski definition) is 1. The molecular weight excluding hydrogens is 292 g/mol. The Bertz CT molecular complexity index is 588. The van der Waals surface area contributed by atoms with Crippen LogP contribution in [0.4, 0.5) is 14.5 Å². The number of likely N-dealkylation sites (N-methyl/N-ethyl adjacent to an activating group) is 1. The van der Waals surface area contributed by atoms with Gasteiger partial charge in [-0.15, -0.1) is 0 Å². The number of alkyl halides is 2. The smallest absolute Gasteiger partial charge is 0.298 e. The molecule has 0 radical (unpaired) electrons. The van der Waals surface area contributed by atoms with Crippen molar-refractivity contribution in [2.24, 2.45) is 12.2 Å². The van der Waals surface area contributed by atoms with Crippen LogP contribution < -0.4 is 9.44 Å². The lowest BCUT2D eigenvalue weighted by Gasteiger charge is -2.40. The average molecular weight is 309 g/mol. The van der Waals surface area contributed by atoms with Gasteiger partial charge in [0.05, 0.1) is 24.5 Å². The molecule has 1 aliphatic rings. The Kier molecular flexibility index (Phi) is 3.73.